The van der Waals surface area contributed by atoms with Gasteiger partial charge in [0.05, 0.1) is 61.4 Å². The number of aromatic nitrogens is 4. The fraction of sp³-hybridized carbons (Fsp3) is 0.286. The van der Waals surface area contributed by atoms with Gasteiger partial charge >= 0.3 is 0 Å². The third kappa shape index (κ3) is 4.08. The lowest BCUT2D eigenvalue weighted by molar-refractivity contribution is 0.0745. The highest BCUT2D eigenvalue weighted by Crippen LogP contribution is 2.30. The van der Waals surface area contributed by atoms with Gasteiger partial charge in [0.15, 0.2) is 0 Å². The number of nitrogens with zero attached hydrogens (tertiary/aromatic N) is 2. The Morgan fingerprint density at radius 3 is 2.11 bits per heavy atom. The summed E-state index contributed by atoms with van der Waals surface area (Å²) in [5.41, 5.74) is 6.49. The first-order valence-corrected chi connectivity index (χ1v) is 12.5. The maximum Gasteiger partial charge on any atom is 0.126 e. The molecule has 0 spiro atoms. The molecule has 8 heteroatoms. The van der Waals surface area contributed by atoms with Crippen LogP contribution in [0.25, 0.3) is 44.2 Å². The van der Waals surface area contributed by atoms with Crippen molar-refractivity contribution in [1.82, 2.24) is 30.6 Å². The molecule has 182 valence electrons. The summed E-state index contributed by atoms with van der Waals surface area (Å²) in [7, 11) is 0. The number of rotatable bonds is 4. The van der Waals surface area contributed by atoms with Gasteiger partial charge in [0.25, 0.3) is 0 Å². The van der Waals surface area contributed by atoms with Crippen molar-refractivity contribution in [2.24, 2.45) is 0 Å². The molecule has 2 aliphatic heterocycles. The Morgan fingerprint density at radius 1 is 0.694 bits per heavy atom. The van der Waals surface area contributed by atoms with Crippen LogP contribution in [0.1, 0.15) is 23.7 Å². The number of imidazole rings is 2. The maximum absolute atomic E-state index is 5.60. The molecule has 7 rings (SSSR count). The minimum Gasteiger partial charge on any atom is -0.378 e. The zero-order valence-corrected chi connectivity index (χ0v) is 19.9. The molecule has 36 heavy (non-hydrogen) atoms. The van der Waals surface area contributed by atoms with Gasteiger partial charge in [0, 0.05) is 18.7 Å². The average Bonchev–Trinajstić information content (AvgIpc) is 3.61. The number of ether oxygens (including phenoxy) is 2. The summed E-state index contributed by atoms with van der Waals surface area (Å²) in [5, 5.41) is 9.31. The molecule has 5 aromatic rings. The molecule has 2 atom stereocenters. The summed E-state index contributed by atoms with van der Waals surface area (Å²) in [4.78, 5) is 16.3. The third-order valence-electron chi connectivity index (χ3n) is 7.08. The van der Waals surface area contributed by atoms with E-state index in [2.05, 4.69) is 80.2 Å². The first-order valence-electron chi connectivity index (χ1n) is 12.5. The quantitative estimate of drug-likeness (QED) is 0.309. The van der Waals surface area contributed by atoms with Crippen molar-refractivity contribution < 1.29 is 9.47 Å². The first kappa shape index (κ1) is 21.7. The highest BCUT2D eigenvalue weighted by Gasteiger charge is 2.20. The van der Waals surface area contributed by atoms with E-state index in [0.29, 0.717) is 13.2 Å². The molecular weight excluding hydrogens is 452 g/mol. The minimum atomic E-state index is 0.114. The molecule has 0 bridgehead atoms. The van der Waals surface area contributed by atoms with Gasteiger partial charge in [-0.25, -0.2) is 9.97 Å². The Labute approximate surface area is 208 Å². The second-order valence-electron chi connectivity index (χ2n) is 9.48. The monoisotopic (exact) mass is 480 g/mol. The minimum absolute atomic E-state index is 0.114. The first-order chi connectivity index (χ1) is 17.8. The molecule has 8 nitrogen and oxygen atoms in total. The maximum atomic E-state index is 5.60. The van der Waals surface area contributed by atoms with E-state index in [1.165, 1.54) is 16.3 Å². The number of H-pyrrole nitrogens is 2. The Morgan fingerprint density at radius 2 is 1.36 bits per heavy atom. The van der Waals surface area contributed by atoms with Crippen molar-refractivity contribution in [3.8, 4) is 22.4 Å². The van der Waals surface area contributed by atoms with Crippen LogP contribution in [0.2, 0.25) is 0 Å². The van der Waals surface area contributed by atoms with E-state index in [-0.39, 0.29) is 12.1 Å². The Kier molecular flexibility index (Phi) is 5.51. The molecule has 0 saturated carbocycles. The molecule has 3 aromatic carbocycles. The van der Waals surface area contributed by atoms with Crippen LogP contribution < -0.4 is 10.6 Å². The van der Waals surface area contributed by atoms with Gasteiger partial charge in [0.1, 0.15) is 11.6 Å². The van der Waals surface area contributed by atoms with Gasteiger partial charge in [-0.3, -0.25) is 0 Å². The molecule has 0 amide bonds. The fourth-order valence-corrected chi connectivity index (χ4v) is 5.11. The summed E-state index contributed by atoms with van der Waals surface area (Å²) in [5.74, 6) is 1.85. The normalized spacial score (nSPS) is 20.8. The van der Waals surface area contributed by atoms with E-state index >= 15 is 0 Å². The molecule has 2 saturated heterocycles. The van der Waals surface area contributed by atoms with Crippen LogP contribution in [0.3, 0.4) is 0 Å². The summed E-state index contributed by atoms with van der Waals surface area (Å²) >= 11 is 0. The van der Waals surface area contributed by atoms with Crippen LogP contribution in [0, 0.1) is 0 Å². The molecular formula is C28H28N6O2. The molecule has 2 aromatic heterocycles. The second-order valence-corrected chi connectivity index (χ2v) is 9.48. The van der Waals surface area contributed by atoms with Crippen LogP contribution in [0.5, 0.6) is 0 Å². The van der Waals surface area contributed by atoms with Gasteiger partial charge in [-0.05, 0) is 46.2 Å². The third-order valence-corrected chi connectivity index (χ3v) is 7.08. The van der Waals surface area contributed by atoms with Crippen LogP contribution in [0.4, 0.5) is 0 Å². The summed E-state index contributed by atoms with van der Waals surface area (Å²) < 4.78 is 11.2. The fourth-order valence-electron chi connectivity index (χ4n) is 5.11. The summed E-state index contributed by atoms with van der Waals surface area (Å²) in [6.07, 6.45) is 1.91. The van der Waals surface area contributed by atoms with E-state index in [9.17, 15) is 0 Å². The highest BCUT2D eigenvalue weighted by atomic mass is 16.5. The lowest BCUT2D eigenvalue weighted by Gasteiger charge is -2.21. The summed E-state index contributed by atoms with van der Waals surface area (Å²) in [6, 6.07) is 19.8. The number of morpholine rings is 2. The van der Waals surface area contributed by atoms with Crippen LogP contribution in [0.15, 0.2) is 60.8 Å². The van der Waals surface area contributed by atoms with Crippen LogP contribution in [-0.4, -0.2) is 59.5 Å². The molecule has 0 unspecified atom stereocenters. The zero-order chi connectivity index (χ0) is 23.9. The number of hydrogen-bond donors (Lipinski definition) is 4. The van der Waals surface area contributed by atoms with E-state index in [1.807, 2.05) is 6.20 Å². The Hall–Kier alpha value is -3.56. The average molecular weight is 481 g/mol. The number of fused-ring (bicyclic) bond motifs is 2. The predicted molar refractivity (Wildman–Crippen MR) is 140 cm³/mol. The summed E-state index contributed by atoms with van der Waals surface area (Å²) in [6.45, 7) is 4.48. The van der Waals surface area contributed by atoms with Crippen molar-refractivity contribution in [2.45, 2.75) is 12.1 Å². The smallest absolute Gasteiger partial charge is 0.126 e. The lowest BCUT2D eigenvalue weighted by Crippen LogP contribution is -2.35. The molecule has 0 aliphatic carbocycles. The molecule has 0 radical (unpaired) electrons. The highest BCUT2D eigenvalue weighted by molar-refractivity contribution is 5.91. The van der Waals surface area contributed by atoms with Gasteiger partial charge in [-0.15, -0.1) is 0 Å². The largest absolute Gasteiger partial charge is 0.378 e. The van der Waals surface area contributed by atoms with E-state index < -0.39 is 0 Å². The van der Waals surface area contributed by atoms with Crippen molar-refractivity contribution in [1.29, 1.82) is 0 Å². The molecule has 4 N–H and O–H groups in total. The number of nitrogens with one attached hydrogen (secondary N) is 4. The van der Waals surface area contributed by atoms with Crippen molar-refractivity contribution in [3.63, 3.8) is 0 Å². The second kappa shape index (κ2) is 9.15. The van der Waals surface area contributed by atoms with Crippen molar-refractivity contribution in [3.05, 3.63) is 72.4 Å². The van der Waals surface area contributed by atoms with E-state index in [0.717, 1.165) is 65.8 Å². The van der Waals surface area contributed by atoms with Gasteiger partial charge in [-0.1, -0.05) is 30.3 Å². The zero-order valence-electron chi connectivity index (χ0n) is 19.9. The Balaban J connectivity index is 1.15. The number of benzene rings is 3. The van der Waals surface area contributed by atoms with Crippen LogP contribution >= 0.6 is 0 Å². The van der Waals surface area contributed by atoms with Crippen LogP contribution in [-0.2, 0) is 9.47 Å². The van der Waals surface area contributed by atoms with Crippen molar-refractivity contribution >= 4 is 21.8 Å². The van der Waals surface area contributed by atoms with Crippen molar-refractivity contribution in [2.75, 3.05) is 39.5 Å². The number of hydrogen-bond acceptors (Lipinski definition) is 6. The Bertz CT molecular complexity index is 1530. The molecule has 2 fully saturated rings. The topological polar surface area (TPSA) is 99.9 Å². The SMILES string of the molecule is c1cc2cc(-c3cnc([C@@H]4COCCN4)[nH]3)ccc2cc1-c1ccc2nc([C@@H]3COCCN3)[nH]c2c1. The molecule has 4 heterocycles. The van der Waals surface area contributed by atoms with Gasteiger partial charge < -0.3 is 30.1 Å². The number of aromatic amines is 2. The van der Waals surface area contributed by atoms with E-state index in [1.54, 1.807) is 0 Å². The predicted octanol–water partition coefficient (Wildman–Crippen LogP) is 4.10. The molecule has 2 aliphatic rings. The van der Waals surface area contributed by atoms with Gasteiger partial charge in [-0.2, -0.15) is 0 Å². The standard InChI is InChI=1S/C28H28N6O2/c1-2-19-12-21(24-14-31-27(34-24)25-15-35-9-7-29-25)4-3-17(19)11-18(1)20-5-6-22-23(13-20)33-28(32-22)26-16-36-10-8-30-26/h1-6,11-14,25-26,29-30H,7-10,15-16H2,(H,31,34)(H,32,33)/t25-,26-/m0/s1. The van der Waals surface area contributed by atoms with Gasteiger partial charge in [0.2, 0.25) is 0 Å². The lowest BCUT2D eigenvalue weighted by atomic mass is 9.99. The van der Waals surface area contributed by atoms with E-state index in [4.69, 9.17) is 14.5 Å².